The number of allylic oxidation sites excluding steroid dienone is 1. The van der Waals surface area contributed by atoms with Crippen LogP contribution in [0.25, 0.3) is 0 Å². The molecule has 0 radical (unpaired) electrons. The minimum Gasteiger partial charge on any atom is -0.450 e. The molecule has 0 aromatic heterocycles. The lowest BCUT2D eigenvalue weighted by atomic mass is 9.45. The molecule has 4 rings (SSSR count). The molecule has 0 amide bonds. The van der Waals surface area contributed by atoms with E-state index in [1.54, 1.807) is 18.7 Å². The third kappa shape index (κ3) is 3.51. The first-order chi connectivity index (χ1) is 15.1. The molecule has 178 valence electrons. The molecule has 4 aliphatic carbocycles. The van der Waals surface area contributed by atoms with Crippen molar-refractivity contribution in [1.29, 1.82) is 0 Å². The molecule has 0 unspecified atom stereocenters. The number of hydrogen-bond acceptors (Lipinski definition) is 6. The average molecular weight is 463 g/mol. The summed E-state index contributed by atoms with van der Waals surface area (Å²) < 4.78 is 6.08. The monoisotopic (exact) mass is 462 g/mol. The number of rotatable bonds is 6. The maximum absolute atomic E-state index is 13.1. The molecule has 0 aliphatic heterocycles. The predicted molar refractivity (Wildman–Crippen MR) is 125 cm³/mol. The number of Topliss-reactive ketones (excluding diaryl/α,β-unsaturated/α-hetero) is 1. The Morgan fingerprint density at radius 2 is 1.97 bits per heavy atom. The fraction of sp³-hybridized carbons (Fsp3) is 0.808. The van der Waals surface area contributed by atoms with Gasteiger partial charge in [0.25, 0.3) is 0 Å². The van der Waals surface area contributed by atoms with Gasteiger partial charge in [0.05, 0.1) is 12.5 Å². The summed E-state index contributed by atoms with van der Waals surface area (Å²) in [5, 5.41) is 11.5. The molecular weight excluding hydrogens is 424 g/mol. The number of ether oxygens (including phenoxy) is 1. The molecule has 4 aliphatic rings. The smallest absolute Gasteiger partial charge is 0.307 e. The van der Waals surface area contributed by atoms with Crippen LogP contribution < -0.4 is 0 Å². The van der Waals surface area contributed by atoms with Gasteiger partial charge in [-0.3, -0.25) is 14.4 Å². The van der Waals surface area contributed by atoms with Gasteiger partial charge in [-0.1, -0.05) is 26.3 Å². The molecule has 1 N–H and O–H groups in total. The summed E-state index contributed by atoms with van der Waals surface area (Å²) in [5.74, 6) is 2.05. The summed E-state index contributed by atoms with van der Waals surface area (Å²) in [7, 11) is 0. The van der Waals surface area contributed by atoms with Crippen LogP contribution >= 0.6 is 11.8 Å². The van der Waals surface area contributed by atoms with Crippen LogP contribution in [0.2, 0.25) is 0 Å². The van der Waals surface area contributed by atoms with Crippen LogP contribution in [0.4, 0.5) is 0 Å². The molecule has 0 bridgehead atoms. The third-order valence-electron chi connectivity index (χ3n) is 9.53. The topological polar surface area (TPSA) is 80.7 Å². The zero-order valence-corrected chi connectivity index (χ0v) is 20.8. The van der Waals surface area contributed by atoms with Crippen LogP contribution in [-0.4, -0.2) is 45.9 Å². The molecule has 0 heterocycles. The normalized spacial score (nSPS) is 43.0. The number of esters is 1. The van der Waals surface area contributed by atoms with Crippen molar-refractivity contribution in [2.45, 2.75) is 90.8 Å². The highest BCUT2D eigenvalue weighted by atomic mass is 32.2. The van der Waals surface area contributed by atoms with E-state index in [-0.39, 0.29) is 40.7 Å². The van der Waals surface area contributed by atoms with Crippen LogP contribution in [0.5, 0.6) is 0 Å². The fourth-order valence-corrected chi connectivity index (χ4v) is 8.64. The Kier molecular flexibility index (Phi) is 6.43. The van der Waals surface area contributed by atoms with E-state index in [4.69, 9.17) is 4.74 Å². The Hall–Kier alpha value is -1.14. The van der Waals surface area contributed by atoms with E-state index in [1.807, 2.05) is 6.08 Å². The van der Waals surface area contributed by atoms with Crippen molar-refractivity contribution in [3.05, 3.63) is 11.6 Å². The van der Waals surface area contributed by atoms with Crippen molar-refractivity contribution in [3.63, 3.8) is 0 Å². The van der Waals surface area contributed by atoms with Gasteiger partial charge < -0.3 is 9.84 Å². The third-order valence-corrected chi connectivity index (χ3v) is 10.4. The van der Waals surface area contributed by atoms with Gasteiger partial charge in [0.2, 0.25) is 0 Å². The number of ketones is 2. The summed E-state index contributed by atoms with van der Waals surface area (Å²) >= 11 is 1.69. The molecule has 0 spiro atoms. The quantitative estimate of drug-likeness (QED) is 0.462. The Morgan fingerprint density at radius 1 is 1.22 bits per heavy atom. The van der Waals surface area contributed by atoms with Crippen molar-refractivity contribution in [2.75, 3.05) is 11.5 Å². The summed E-state index contributed by atoms with van der Waals surface area (Å²) in [6.45, 7) is 7.92. The summed E-state index contributed by atoms with van der Waals surface area (Å²) in [5.41, 5.74) is -0.660. The zero-order valence-electron chi connectivity index (χ0n) is 19.9. The molecule has 3 fully saturated rings. The SMILES string of the molecule is CCSCCC(=O)O[C@]1(C(C)=O)CC[C@H]2[C@@H]3CCC4=CC(=O)CC[C@]4(C)[C@H]3[C@@H](O)C[C@@]21C. The first kappa shape index (κ1) is 24.0. The van der Waals surface area contributed by atoms with Crippen LogP contribution in [0.15, 0.2) is 11.6 Å². The van der Waals surface area contributed by atoms with Gasteiger partial charge in [-0.25, -0.2) is 0 Å². The first-order valence-corrected chi connectivity index (χ1v) is 13.5. The first-order valence-electron chi connectivity index (χ1n) is 12.3. The fourth-order valence-electron chi connectivity index (χ4n) is 8.04. The van der Waals surface area contributed by atoms with Gasteiger partial charge in [-0.15, -0.1) is 0 Å². The Bertz CT molecular complexity index is 836. The molecule has 0 saturated heterocycles. The lowest BCUT2D eigenvalue weighted by Gasteiger charge is -2.60. The standard InChI is InChI=1S/C26H38O5S/c1-5-32-13-10-22(30)31-26(16(2)27)12-9-20-19-7-6-17-14-18(28)8-11-24(17,3)23(19)21(29)15-25(20,26)4/h14,19-21,23,29H,5-13,15H2,1-4H3/t19-,20-,21-,23+,24-,25-,26-/m0/s1. The maximum Gasteiger partial charge on any atom is 0.307 e. The number of carbonyl (C=O) groups excluding carboxylic acids is 3. The van der Waals surface area contributed by atoms with Crippen molar-refractivity contribution >= 4 is 29.3 Å². The predicted octanol–water partition coefficient (Wildman–Crippen LogP) is 4.50. The van der Waals surface area contributed by atoms with E-state index in [9.17, 15) is 19.5 Å². The van der Waals surface area contributed by atoms with E-state index in [0.717, 1.165) is 31.4 Å². The Balaban J connectivity index is 1.64. The number of aliphatic hydroxyl groups excluding tert-OH is 1. The number of carbonyl (C=O) groups is 3. The molecule has 6 heteroatoms. The van der Waals surface area contributed by atoms with Gasteiger partial charge in [-0.05, 0) is 80.4 Å². The number of thioether (sulfide) groups is 1. The second kappa shape index (κ2) is 8.57. The number of hydrogen-bond donors (Lipinski definition) is 1. The largest absolute Gasteiger partial charge is 0.450 e. The maximum atomic E-state index is 13.1. The van der Waals surface area contributed by atoms with Crippen molar-refractivity contribution in [2.24, 2.45) is 28.6 Å². The van der Waals surface area contributed by atoms with Crippen LogP contribution in [0.3, 0.4) is 0 Å². The van der Waals surface area contributed by atoms with Gasteiger partial charge in [0.15, 0.2) is 17.2 Å². The molecule has 3 saturated carbocycles. The van der Waals surface area contributed by atoms with Gasteiger partial charge >= 0.3 is 5.97 Å². The van der Waals surface area contributed by atoms with E-state index in [1.165, 1.54) is 5.57 Å². The minimum atomic E-state index is -1.14. The Labute approximate surface area is 196 Å². The second-order valence-electron chi connectivity index (χ2n) is 10.9. The lowest BCUT2D eigenvalue weighted by Crippen LogP contribution is -2.62. The average Bonchev–Trinajstić information content (AvgIpc) is 3.01. The van der Waals surface area contributed by atoms with Crippen molar-refractivity contribution < 1.29 is 24.2 Å². The molecule has 32 heavy (non-hydrogen) atoms. The summed E-state index contributed by atoms with van der Waals surface area (Å²) in [6.07, 6.45) is 6.56. The van der Waals surface area contributed by atoms with E-state index in [2.05, 4.69) is 20.8 Å². The van der Waals surface area contributed by atoms with Crippen LogP contribution in [-0.2, 0) is 19.1 Å². The van der Waals surface area contributed by atoms with E-state index >= 15 is 0 Å². The minimum absolute atomic E-state index is 0.0875. The molecular formula is C26H38O5S. The lowest BCUT2D eigenvalue weighted by molar-refractivity contribution is -0.199. The van der Waals surface area contributed by atoms with Gasteiger partial charge in [-0.2, -0.15) is 11.8 Å². The van der Waals surface area contributed by atoms with Crippen LogP contribution in [0.1, 0.15) is 79.1 Å². The highest BCUT2D eigenvalue weighted by Gasteiger charge is 2.69. The van der Waals surface area contributed by atoms with Crippen molar-refractivity contribution in [1.82, 2.24) is 0 Å². The summed E-state index contributed by atoms with van der Waals surface area (Å²) in [4.78, 5) is 37.9. The highest BCUT2D eigenvalue weighted by Crippen LogP contribution is 2.68. The molecule has 0 aromatic rings. The molecule has 0 aromatic carbocycles. The summed E-state index contributed by atoms with van der Waals surface area (Å²) in [6, 6.07) is 0. The van der Waals surface area contributed by atoms with E-state index in [0.29, 0.717) is 31.4 Å². The number of aliphatic hydroxyl groups is 1. The second-order valence-corrected chi connectivity index (χ2v) is 12.3. The van der Waals surface area contributed by atoms with Crippen molar-refractivity contribution in [3.8, 4) is 0 Å². The van der Waals surface area contributed by atoms with Gasteiger partial charge in [0, 0.05) is 17.6 Å². The zero-order chi connectivity index (χ0) is 23.3. The highest BCUT2D eigenvalue weighted by molar-refractivity contribution is 7.99. The Morgan fingerprint density at radius 3 is 2.66 bits per heavy atom. The number of fused-ring (bicyclic) bond motifs is 5. The van der Waals surface area contributed by atoms with Crippen LogP contribution in [0, 0.1) is 28.6 Å². The van der Waals surface area contributed by atoms with Gasteiger partial charge in [0.1, 0.15) is 0 Å². The molecule has 7 atom stereocenters. The molecule has 5 nitrogen and oxygen atoms in total. The van der Waals surface area contributed by atoms with E-state index < -0.39 is 17.1 Å².